The van der Waals surface area contributed by atoms with E-state index in [2.05, 4.69) is 38.8 Å². The van der Waals surface area contributed by atoms with Gasteiger partial charge in [-0.2, -0.15) is 0 Å². The Kier molecular flexibility index (Phi) is 7.30. The van der Waals surface area contributed by atoms with Crippen LogP contribution in [0, 0.1) is 0 Å². The molecule has 2 saturated heterocycles. The minimum absolute atomic E-state index is 0.0166. The average molecular weight is 526 g/mol. The van der Waals surface area contributed by atoms with Crippen molar-refractivity contribution in [3.05, 3.63) is 54.2 Å². The van der Waals surface area contributed by atoms with Crippen molar-refractivity contribution in [2.24, 2.45) is 0 Å². The van der Waals surface area contributed by atoms with Gasteiger partial charge in [-0.05, 0) is 86.9 Å². The third-order valence-electron chi connectivity index (χ3n) is 7.37. The van der Waals surface area contributed by atoms with Crippen LogP contribution in [0.5, 0.6) is 5.75 Å². The van der Waals surface area contributed by atoms with Crippen molar-refractivity contribution in [2.45, 2.75) is 18.8 Å². The Labute approximate surface area is 218 Å². The molecule has 0 bridgehead atoms. The van der Waals surface area contributed by atoms with Gasteiger partial charge in [0.05, 0.1) is 6.26 Å². The fraction of sp³-hybridized carbons (Fsp3) is 0.444. The van der Waals surface area contributed by atoms with Gasteiger partial charge in [0.25, 0.3) is 5.91 Å². The van der Waals surface area contributed by atoms with Gasteiger partial charge in [0, 0.05) is 54.7 Å². The molecule has 3 heterocycles. The highest BCUT2D eigenvalue weighted by Crippen LogP contribution is 2.34. The van der Waals surface area contributed by atoms with Gasteiger partial charge in [-0.25, -0.2) is 8.42 Å². The first-order valence-corrected chi connectivity index (χ1v) is 14.7. The zero-order chi connectivity index (χ0) is 26.0. The zero-order valence-electron chi connectivity index (χ0n) is 21.4. The summed E-state index contributed by atoms with van der Waals surface area (Å²) in [6.07, 6.45) is 5.57. The second-order valence-electron chi connectivity index (χ2n) is 10.1. The van der Waals surface area contributed by atoms with Crippen LogP contribution in [0.2, 0.25) is 0 Å². The van der Waals surface area contributed by atoms with E-state index in [1.165, 1.54) is 10.9 Å². The molecule has 0 saturated carbocycles. The second kappa shape index (κ2) is 10.6. The smallest absolute Gasteiger partial charge is 0.260 e. The molecule has 9 nitrogen and oxygen atoms in total. The van der Waals surface area contributed by atoms with Crippen molar-refractivity contribution < 1.29 is 17.9 Å². The first-order chi connectivity index (χ1) is 17.7. The maximum absolute atomic E-state index is 12.9. The minimum atomic E-state index is -3.30. The predicted octanol–water partition coefficient (Wildman–Crippen LogP) is 3.08. The summed E-state index contributed by atoms with van der Waals surface area (Å²) in [5, 5.41) is 1.19. The zero-order valence-corrected chi connectivity index (χ0v) is 22.3. The Balaban J connectivity index is 1.14. The van der Waals surface area contributed by atoms with Crippen LogP contribution in [0.1, 0.15) is 24.3 Å². The van der Waals surface area contributed by atoms with E-state index in [-0.39, 0.29) is 12.5 Å². The monoisotopic (exact) mass is 525 g/mol. The maximum Gasteiger partial charge on any atom is 0.260 e. The van der Waals surface area contributed by atoms with Crippen LogP contribution in [0.3, 0.4) is 0 Å². The lowest BCUT2D eigenvalue weighted by molar-refractivity contribution is -0.133. The number of hydrogen-bond acceptors (Lipinski definition) is 6. The van der Waals surface area contributed by atoms with Gasteiger partial charge in [-0.15, -0.1) is 0 Å². The number of carbonyl (C=O) groups excluding carboxylic acids is 1. The summed E-state index contributed by atoms with van der Waals surface area (Å²) in [5.74, 6) is 1.25. The molecule has 0 radical (unpaired) electrons. The number of carbonyl (C=O) groups is 1. The Morgan fingerprint density at radius 3 is 2.41 bits per heavy atom. The fourth-order valence-corrected chi connectivity index (χ4v) is 5.84. The molecule has 1 aromatic heterocycles. The number of hydrogen-bond donors (Lipinski definition) is 2. The van der Waals surface area contributed by atoms with E-state index in [1.807, 2.05) is 29.2 Å². The van der Waals surface area contributed by atoms with E-state index >= 15 is 0 Å². The van der Waals surface area contributed by atoms with Crippen molar-refractivity contribution in [2.75, 3.05) is 68.8 Å². The highest BCUT2D eigenvalue weighted by molar-refractivity contribution is 7.92. The number of benzene rings is 2. The number of rotatable bonds is 7. The molecule has 0 atom stereocenters. The van der Waals surface area contributed by atoms with Crippen molar-refractivity contribution in [3.63, 3.8) is 0 Å². The van der Waals surface area contributed by atoms with E-state index in [4.69, 9.17) is 4.74 Å². The van der Waals surface area contributed by atoms with E-state index < -0.39 is 10.0 Å². The third kappa shape index (κ3) is 6.19. The molecule has 0 unspecified atom stereocenters. The molecule has 3 aromatic rings. The lowest BCUT2D eigenvalue weighted by Gasteiger charge is -2.36. The van der Waals surface area contributed by atoms with Crippen LogP contribution in [0.25, 0.3) is 10.9 Å². The largest absolute Gasteiger partial charge is 0.484 e. The van der Waals surface area contributed by atoms with Gasteiger partial charge in [0.15, 0.2) is 6.61 Å². The highest BCUT2D eigenvalue weighted by Gasteiger charge is 2.23. The van der Waals surface area contributed by atoms with Crippen LogP contribution in [-0.4, -0.2) is 88.3 Å². The number of amides is 1. The summed E-state index contributed by atoms with van der Waals surface area (Å²) in [6, 6.07) is 13.3. The quantitative estimate of drug-likeness (QED) is 0.492. The molecule has 2 fully saturated rings. The van der Waals surface area contributed by atoms with Crippen LogP contribution in [0.4, 0.5) is 11.4 Å². The van der Waals surface area contributed by atoms with Crippen LogP contribution >= 0.6 is 0 Å². The van der Waals surface area contributed by atoms with Gasteiger partial charge in [-0.1, -0.05) is 0 Å². The van der Waals surface area contributed by atoms with Gasteiger partial charge in [0.2, 0.25) is 10.0 Å². The van der Waals surface area contributed by atoms with Crippen LogP contribution in [0.15, 0.2) is 48.7 Å². The number of ether oxygens (including phenoxy) is 1. The topological polar surface area (TPSA) is 98.0 Å². The molecule has 2 N–H and O–H groups in total. The molecule has 1 amide bonds. The molecule has 0 spiro atoms. The number of aromatic nitrogens is 1. The van der Waals surface area contributed by atoms with E-state index in [9.17, 15) is 13.2 Å². The number of likely N-dealkylation sites (tertiary alicyclic amines) is 1. The Hall–Kier alpha value is -3.24. The lowest BCUT2D eigenvalue weighted by atomic mass is 9.89. The number of piperidine rings is 1. The van der Waals surface area contributed by atoms with Crippen molar-refractivity contribution in [3.8, 4) is 5.75 Å². The number of nitrogens with zero attached hydrogens (tertiary/aromatic N) is 3. The summed E-state index contributed by atoms with van der Waals surface area (Å²) < 4.78 is 31.2. The van der Waals surface area contributed by atoms with Crippen LogP contribution < -0.4 is 14.4 Å². The van der Waals surface area contributed by atoms with Crippen molar-refractivity contribution in [1.82, 2.24) is 14.8 Å². The van der Waals surface area contributed by atoms with Gasteiger partial charge < -0.3 is 24.4 Å². The number of H-pyrrole nitrogens is 1. The number of fused-ring (bicyclic) bond motifs is 1. The average Bonchev–Trinajstić information content (AvgIpc) is 3.31. The Morgan fingerprint density at radius 2 is 1.73 bits per heavy atom. The first kappa shape index (κ1) is 25.4. The Bertz CT molecular complexity index is 1340. The molecule has 2 aliphatic rings. The number of sulfonamides is 1. The third-order valence-corrected chi connectivity index (χ3v) is 7.98. The highest BCUT2D eigenvalue weighted by atomic mass is 32.2. The van der Waals surface area contributed by atoms with E-state index in [0.717, 1.165) is 49.1 Å². The number of anilines is 2. The normalized spacial score (nSPS) is 17.8. The fourth-order valence-electron chi connectivity index (χ4n) is 5.27. The van der Waals surface area contributed by atoms with Gasteiger partial charge in [-0.3, -0.25) is 9.52 Å². The lowest BCUT2D eigenvalue weighted by Crippen LogP contribution is -2.50. The van der Waals surface area contributed by atoms with Crippen LogP contribution in [-0.2, 0) is 14.8 Å². The number of nitrogens with one attached hydrogen (secondary N) is 2. The molecule has 198 valence electrons. The summed E-state index contributed by atoms with van der Waals surface area (Å²) in [6.45, 7) is 4.89. The van der Waals surface area contributed by atoms with Gasteiger partial charge >= 0.3 is 0 Å². The molecule has 37 heavy (non-hydrogen) atoms. The standard InChI is InChI=1S/C27H35N5O4S/c1-30-11-9-20(10-12-30)25-18-28-26-8-7-23(17-24(25)26)36-19-27(33)32-15-13-31(14-16-32)22-5-3-21(4-6-22)29-37(2,34)35/h3-8,17-18,20,28-29H,9-16,19H2,1-2H3. The number of piperazine rings is 1. The van der Waals surface area contributed by atoms with E-state index in [1.54, 1.807) is 12.1 Å². The molecule has 2 aliphatic heterocycles. The van der Waals surface area contributed by atoms with Crippen molar-refractivity contribution in [1.29, 1.82) is 0 Å². The van der Waals surface area contributed by atoms with E-state index in [0.29, 0.717) is 37.8 Å². The summed E-state index contributed by atoms with van der Waals surface area (Å²) in [4.78, 5) is 22.7. The SMILES string of the molecule is CN1CCC(c2c[nH]c3ccc(OCC(=O)N4CCN(c5ccc(NS(C)(=O)=O)cc5)CC4)cc23)CC1. The molecule has 10 heteroatoms. The Morgan fingerprint density at radius 1 is 1.03 bits per heavy atom. The van der Waals surface area contributed by atoms with Gasteiger partial charge in [0.1, 0.15) is 5.75 Å². The predicted molar refractivity (Wildman–Crippen MR) is 147 cm³/mol. The molecule has 0 aliphatic carbocycles. The first-order valence-electron chi connectivity index (χ1n) is 12.8. The minimum Gasteiger partial charge on any atom is -0.484 e. The molecular formula is C27H35N5O4S. The summed E-state index contributed by atoms with van der Waals surface area (Å²) >= 11 is 0. The molecular weight excluding hydrogens is 490 g/mol. The molecule has 2 aromatic carbocycles. The summed E-state index contributed by atoms with van der Waals surface area (Å²) in [7, 11) is -1.12. The number of aromatic amines is 1. The maximum atomic E-state index is 12.9. The molecule has 5 rings (SSSR count). The summed E-state index contributed by atoms with van der Waals surface area (Å²) in [5.41, 5.74) is 3.98. The second-order valence-corrected chi connectivity index (χ2v) is 11.9. The van der Waals surface area contributed by atoms with Crippen molar-refractivity contribution >= 4 is 38.2 Å².